The van der Waals surface area contributed by atoms with Gasteiger partial charge in [-0.2, -0.15) is 5.10 Å². The smallest absolute Gasteiger partial charge is 0.269 e. The summed E-state index contributed by atoms with van der Waals surface area (Å²) in [6.45, 7) is 3.24. The zero-order valence-electron chi connectivity index (χ0n) is 9.10. The van der Waals surface area contributed by atoms with Crippen LogP contribution in [0.2, 0.25) is 5.15 Å². The SMILES string of the molecule is CCn1cc(Cn2cnc(Cl)c(Br)c2=O)cn1. The van der Waals surface area contributed by atoms with Gasteiger partial charge in [0, 0.05) is 18.3 Å². The molecule has 5 nitrogen and oxygen atoms in total. The van der Waals surface area contributed by atoms with Crippen LogP contribution in [-0.4, -0.2) is 19.3 Å². The first-order valence-corrected chi connectivity index (χ1v) is 6.20. The molecule has 90 valence electrons. The Balaban J connectivity index is 2.30. The molecule has 0 bridgehead atoms. The molecule has 0 aliphatic carbocycles. The molecule has 17 heavy (non-hydrogen) atoms. The lowest BCUT2D eigenvalue weighted by Crippen LogP contribution is -2.21. The fourth-order valence-corrected chi connectivity index (χ4v) is 1.87. The summed E-state index contributed by atoms with van der Waals surface area (Å²) in [5.41, 5.74) is 0.749. The minimum atomic E-state index is -0.200. The lowest BCUT2D eigenvalue weighted by molar-refractivity contribution is 0.657. The lowest BCUT2D eigenvalue weighted by atomic mass is 10.3. The van der Waals surface area contributed by atoms with Gasteiger partial charge in [-0.15, -0.1) is 0 Å². The van der Waals surface area contributed by atoms with E-state index in [1.54, 1.807) is 10.9 Å². The van der Waals surface area contributed by atoms with Crippen LogP contribution in [-0.2, 0) is 13.1 Å². The minimum absolute atomic E-state index is 0.176. The Kier molecular flexibility index (Phi) is 3.63. The topological polar surface area (TPSA) is 52.7 Å². The molecule has 2 aromatic rings. The van der Waals surface area contributed by atoms with Crippen LogP contribution >= 0.6 is 27.5 Å². The number of hydrogen-bond acceptors (Lipinski definition) is 3. The highest BCUT2D eigenvalue weighted by atomic mass is 79.9. The fourth-order valence-electron chi connectivity index (χ4n) is 1.41. The second-order valence-electron chi connectivity index (χ2n) is 3.49. The second-order valence-corrected chi connectivity index (χ2v) is 4.64. The summed E-state index contributed by atoms with van der Waals surface area (Å²) in [5, 5.41) is 4.32. The third kappa shape index (κ3) is 2.58. The molecule has 0 atom stereocenters. The van der Waals surface area contributed by atoms with Crippen molar-refractivity contribution >= 4 is 27.5 Å². The van der Waals surface area contributed by atoms with Crippen molar-refractivity contribution < 1.29 is 0 Å². The standard InChI is InChI=1S/C10H10BrClN4O/c1-2-16-5-7(3-14-16)4-15-6-13-9(12)8(11)10(15)17/h3,5-6H,2,4H2,1H3. The molecular weight excluding hydrogens is 307 g/mol. The largest absolute Gasteiger partial charge is 0.294 e. The molecule has 0 radical (unpaired) electrons. The van der Waals surface area contributed by atoms with E-state index in [4.69, 9.17) is 11.6 Å². The van der Waals surface area contributed by atoms with Gasteiger partial charge < -0.3 is 0 Å². The van der Waals surface area contributed by atoms with Crippen LogP contribution < -0.4 is 5.56 Å². The van der Waals surface area contributed by atoms with Gasteiger partial charge in [-0.25, -0.2) is 4.98 Å². The maximum absolute atomic E-state index is 11.8. The van der Waals surface area contributed by atoms with Gasteiger partial charge in [-0.1, -0.05) is 11.6 Å². The Labute approximate surface area is 111 Å². The molecule has 0 spiro atoms. The van der Waals surface area contributed by atoms with Crippen LogP contribution in [0.3, 0.4) is 0 Å². The summed E-state index contributed by atoms with van der Waals surface area (Å²) in [5.74, 6) is 0. The maximum Gasteiger partial charge on any atom is 0.269 e. The number of nitrogens with zero attached hydrogens (tertiary/aromatic N) is 4. The van der Waals surface area contributed by atoms with E-state index in [-0.39, 0.29) is 15.2 Å². The maximum atomic E-state index is 11.8. The molecule has 0 amide bonds. The average molecular weight is 318 g/mol. The molecule has 0 aliphatic heterocycles. The zero-order valence-corrected chi connectivity index (χ0v) is 11.4. The van der Waals surface area contributed by atoms with Crippen molar-refractivity contribution in [2.75, 3.05) is 0 Å². The van der Waals surface area contributed by atoms with Crippen molar-refractivity contribution in [2.24, 2.45) is 0 Å². The normalized spacial score (nSPS) is 10.8. The van der Waals surface area contributed by atoms with Crippen LogP contribution in [0.1, 0.15) is 12.5 Å². The summed E-state index contributed by atoms with van der Waals surface area (Å²) in [7, 11) is 0. The molecule has 2 rings (SSSR count). The van der Waals surface area contributed by atoms with Crippen LogP contribution in [0, 0.1) is 0 Å². The zero-order chi connectivity index (χ0) is 12.4. The Morgan fingerprint density at radius 3 is 2.94 bits per heavy atom. The van der Waals surface area contributed by atoms with E-state index < -0.39 is 0 Å². The number of halogens is 2. The number of aromatic nitrogens is 4. The van der Waals surface area contributed by atoms with Crippen molar-refractivity contribution in [3.63, 3.8) is 0 Å². The van der Waals surface area contributed by atoms with E-state index in [0.29, 0.717) is 6.54 Å². The monoisotopic (exact) mass is 316 g/mol. The van der Waals surface area contributed by atoms with Crippen molar-refractivity contribution in [2.45, 2.75) is 20.0 Å². The van der Waals surface area contributed by atoms with Crippen molar-refractivity contribution in [1.29, 1.82) is 0 Å². The third-order valence-corrected chi connectivity index (χ3v) is 3.53. The van der Waals surface area contributed by atoms with Gasteiger partial charge in [0.2, 0.25) is 0 Å². The van der Waals surface area contributed by atoms with E-state index in [1.165, 1.54) is 10.9 Å². The summed E-state index contributed by atoms with van der Waals surface area (Å²) < 4.78 is 3.57. The van der Waals surface area contributed by atoms with E-state index in [1.807, 2.05) is 13.1 Å². The highest BCUT2D eigenvalue weighted by molar-refractivity contribution is 9.10. The Bertz CT molecular complexity index is 592. The van der Waals surface area contributed by atoms with Crippen molar-refractivity contribution in [1.82, 2.24) is 19.3 Å². The molecule has 7 heteroatoms. The number of hydrogen-bond donors (Lipinski definition) is 0. The highest BCUT2D eigenvalue weighted by Crippen LogP contribution is 2.14. The summed E-state index contributed by atoms with van der Waals surface area (Å²) in [6, 6.07) is 0. The molecular formula is C10H10BrClN4O. The Hall–Kier alpha value is -1.14. The number of aryl methyl sites for hydroxylation is 1. The summed E-state index contributed by atoms with van der Waals surface area (Å²) >= 11 is 8.84. The molecule has 2 aromatic heterocycles. The summed E-state index contributed by atoms with van der Waals surface area (Å²) in [6.07, 6.45) is 5.06. The second kappa shape index (κ2) is 5.01. The molecule has 2 heterocycles. The first kappa shape index (κ1) is 12.3. The first-order chi connectivity index (χ1) is 8.11. The van der Waals surface area contributed by atoms with Gasteiger partial charge in [-0.05, 0) is 22.9 Å². The van der Waals surface area contributed by atoms with Crippen LogP contribution in [0.25, 0.3) is 0 Å². The number of rotatable bonds is 3. The van der Waals surface area contributed by atoms with Gasteiger partial charge in [0.25, 0.3) is 5.56 Å². The van der Waals surface area contributed by atoms with Gasteiger partial charge in [-0.3, -0.25) is 14.0 Å². The average Bonchev–Trinajstić information content (AvgIpc) is 2.78. The predicted molar refractivity (Wildman–Crippen MR) is 68.2 cm³/mol. The predicted octanol–water partition coefficient (Wildman–Crippen LogP) is 1.92. The van der Waals surface area contributed by atoms with Crippen LogP contribution in [0.5, 0.6) is 0 Å². The fraction of sp³-hybridized carbons (Fsp3) is 0.300. The van der Waals surface area contributed by atoms with E-state index in [0.717, 1.165) is 12.1 Å². The lowest BCUT2D eigenvalue weighted by Gasteiger charge is -2.04. The van der Waals surface area contributed by atoms with Gasteiger partial charge in [0.1, 0.15) is 4.47 Å². The molecule has 0 fully saturated rings. The van der Waals surface area contributed by atoms with E-state index in [2.05, 4.69) is 26.0 Å². The minimum Gasteiger partial charge on any atom is -0.294 e. The van der Waals surface area contributed by atoms with E-state index >= 15 is 0 Å². The molecule has 0 saturated heterocycles. The van der Waals surface area contributed by atoms with Crippen molar-refractivity contribution in [3.05, 3.63) is 44.3 Å². The Morgan fingerprint density at radius 2 is 2.29 bits per heavy atom. The van der Waals surface area contributed by atoms with Gasteiger partial charge in [0.15, 0.2) is 5.15 Å². The highest BCUT2D eigenvalue weighted by Gasteiger charge is 2.07. The molecule has 0 aliphatic rings. The molecule has 0 unspecified atom stereocenters. The van der Waals surface area contributed by atoms with Crippen molar-refractivity contribution in [3.8, 4) is 0 Å². The quantitative estimate of drug-likeness (QED) is 0.813. The van der Waals surface area contributed by atoms with Crippen LogP contribution in [0.4, 0.5) is 0 Å². The molecule has 0 saturated carbocycles. The van der Waals surface area contributed by atoms with Gasteiger partial charge in [0.05, 0.1) is 19.1 Å². The molecule has 0 N–H and O–H groups in total. The molecule has 0 aromatic carbocycles. The van der Waals surface area contributed by atoms with Gasteiger partial charge >= 0.3 is 0 Å². The van der Waals surface area contributed by atoms with Crippen LogP contribution in [0.15, 0.2) is 28.0 Å². The first-order valence-electron chi connectivity index (χ1n) is 5.03. The summed E-state index contributed by atoms with van der Waals surface area (Å²) in [4.78, 5) is 15.8. The third-order valence-electron chi connectivity index (χ3n) is 2.30. The Morgan fingerprint density at radius 1 is 1.53 bits per heavy atom. The van der Waals surface area contributed by atoms with E-state index in [9.17, 15) is 4.79 Å².